The van der Waals surface area contributed by atoms with Crippen molar-refractivity contribution in [3.8, 4) is 0 Å². The summed E-state index contributed by atoms with van der Waals surface area (Å²) < 4.78 is 30.7. The monoisotopic (exact) mass is 1120 g/mol. The molecule has 9 heteroatoms. The summed E-state index contributed by atoms with van der Waals surface area (Å²) in [4.78, 5) is 54.1. The van der Waals surface area contributed by atoms with Crippen LogP contribution >= 0.6 is 0 Å². The van der Waals surface area contributed by atoms with E-state index in [9.17, 15) is 19.2 Å². The number of rotatable bonds is 61. The van der Waals surface area contributed by atoms with E-state index >= 15 is 0 Å². The van der Waals surface area contributed by atoms with Crippen LogP contribution in [0, 0.1) is 0 Å². The first-order chi connectivity index (χ1) is 38.9. The van der Waals surface area contributed by atoms with Crippen LogP contribution in [0.15, 0.2) is 0 Å². The van der Waals surface area contributed by atoms with E-state index in [2.05, 4.69) is 27.7 Å². The molecule has 1 aliphatic heterocycles. The fraction of sp³-hybridized carbons (Fsp3) is 0.943. The van der Waals surface area contributed by atoms with Crippen molar-refractivity contribution in [3.05, 3.63) is 0 Å². The molecular formula is C70H132O9. The Balaban J connectivity index is 2.90. The van der Waals surface area contributed by atoms with E-state index in [1.54, 1.807) is 0 Å². The quantitative estimate of drug-likeness (QED) is 0.0334. The molecule has 1 rings (SSSR count). The zero-order valence-electron chi connectivity index (χ0n) is 53.0. The van der Waals surface area contributed by atoms with Gasteiger partial charge in [0.15, 0.2) is 18.3 Å². The first-order valence-electron chi connectivity index (χ1n) is 35.2. The lowest BCUT2D eigenvalue weighted by Gasteiger charge is -2.40. The molecule has 466 valence electrons. The molecular weight excluding hydrogens is 985 g/mol. The second-order valence-electron chi connectivity index (χ2n) is 24.5. The molecule has 4 atom stereocenters. The maximum atomic E-state index is 13.7. The molecule has 9 nitrogen and oxygen atoms in total. The first-order valence-corrected chi connectivity index (χ1v) is 35.2. The Morgan fingerprint density at radius 1 is 0.278 bits per heavy atom. The largest absolute Gasteiger partial charge is 0.463 e. The summed E-state index contributed by atoms with van der Waals surface area (Å²) in [5.74, 6) is -1.49. The SMILES string of the molecule is CCCCCCCCCCCCCCCC(=O)OC[C@H]1OC[C@@H](OC(=O)CCCCCCCCCCCCCCC)[C@@H](OC(=O)CCCCCCCCCCCCCCC)[C@@H]1OC(=O)CCCCCCCCCCCCCCC. The molecule has 0 spiro atoms. The number of ether oxygens (including phenoxy) is 5. The standard InChI is InChI=1S/C70H132O9/c1-5-9-13-17-21-25-29-33-37-41-45-49-53-57-65(71)76-61-63-69(78-67(73)59-55-51-47-43-39-35-31-27-23-19-15-11-7-3)70(79-68(74)60-56-52-48-44-40-36-32-28-24-20-16-12-8-4)64(62-75-63)77-66(72)58-54-50-46-42-38-34-30-26-22-18-14-10-6-2/h63-64,69-70H,5-62H2,1-4H3/t63-,64-,69-,70-/m1/s1. The van der Waals surface area contributed by atoms with Gasteiger partial charge in [-0.3, -0.25) is 19.2 Å². The van der Waals surface area contributed by atoms with Gasteiger partial charge >= 0.3 is 23.9 Å². The summed E-state index contributed by atoms with van der Waals surface area (Å²) in [6, 6.07) is 0. The number of hydrogen-bond donors (Lipinski definition) is 0. The summed E-state index contributed by atoms with van der Waals surface area (Å²) in [7, 11) is 0. The highest BCUT2D eigenvalue weighted by molar-refractivity contribution is 5.72. The van der Waals surface area contributed by atoms with Gasteiger partial charge in [-0.25, -0.2) is 0 Å². The molecule has 0 aromatic carbocycles. The van der Waals surface area contributed by atoms with Gasteiger partial charge in [-0.1, -0.05) is 336 Å². The number of hydrogen-bond acceptors (Lipinski definition) is 9. The number of carbonyl (C=O) groups excluding carboxylic acids is 4. The van der Waals surface area contributed by atoms with Crippen LogP contribution in [0.4, 0.5) is 0 Å². The van der Waals surface area contributed by atoms with Gasteiger partial charge in [-0.2, -0.15) is 0 Å². The summed E-state index contributed by atoms with van der Waals surface area (Å²) in [6.07, 6.45) is 60.3. The van der Waals surface area contributed by atoms with Crippen molar-refractivity contribution in [3.63, 3.8) is 0 Å². The average Bonchev–Trinajstić information content (AvgIpc) is 3.44. The third-order valence-electron chi connectivity index (χ3n) is 16.7. The van der Waals surface area contributed by atoms with Crippen LogP contribution in [0.5, 0.6) is 0 Å². The summed E-state index contributed by atoms with van der Waals surface area (Å²) in [6.45, 7) is 8.87. The van der Waals surface area contributed by atoms with E-state index in [1.807, 2.05) is 0 Å². The highest BCUT2D eigenvalue weighted by atomic mass is 16.7. The fourth-order valence-electron chi connectivity index (χ4n) is 11.4. The third kappa shape index (κ3) is 49.0. The average molecular weight is 1120 g/mol. The van der Waals surface area contributed by atoms with Crippen molar-refractivity contribution in [1.29, 1.82) is 0 Å². The Morgan fingerprint density at radius 2 is 0.494 bits per heavy atom. The van der Waals surface area contributed by atoms with E-state index < -0.39 is 36.4 Å². The van der Waals surface area contributed by atoms with Gasteiger partial charge in [0.2, 0.25) is 0 Å². The van der Waals surface area contributed by atoms with Crippen molar-refractivity contribution in [2.24, 2.45) is 0 Å². The van der Waals surface area contributed by atoms with Crippen LogP contribution in [-0.2, 0) is 42.9 Å². The Morgan fingerprint density at radius 3 is 0.759 bits per heavy atom. The Bertz CT molecular complexity index is 1340. The second-order valence-corrected chi connectivity index (χ2v) is 24.5. The zero-order chi connectivity index (χ0) is 57.2. The van der Waals surface area contributed by atoms with E-state index in [-0.39, 0.29) is 44.4 Å². The molecule has 0 N–H and O–H groups in total. The summed E-state index contributed by atoms with van der Waals surface area (Å²) >= 11 is 0. The van der Waals surface area contributed by atoms with Crippen LogP contribution in [-0.4, -0.2) is 61.5 Å². The second kappa shape index (κ2) is 59.0. The van der Waals surface area contributed by atoms with E-state index in [0.29, 0.717) is 19.3 Å². The molecule has 0 unspecified atom stereocenters. The van der Waals surface area contributed by atoms with Crippen LogP contribution in [0.3, 0.4) is 0 Å². The minimum absolute atomic E-state index is 0.0466. The molecule has 79 heavy (non-hydrogen) atoms. The molecule has 0 aromatic rings. The molecule has 0 bridgehead atoms. The Hall–Kier alpha value is -2.16. The summed E-state index contributed by atoms with van der Waals surface area (Å²) in [5, 5.41) is 0. The predicted octanol–water partition coefficient (Wildman–Crippen LogP) is 21.6. The molecule has 0 aliphatic carbocycles. The lowest BCUT2D eigenvalue weighted by molar-refractivity contribution is -0.233. The number of unbranched alkanes of at least 4 members (excludes halogenated alkanes) is 48. The smallest absolute Gasteiger partial charge is 0.306 e. The lowest BCUT2D eigenvalue weighted by Crippen LogP contribution is -2.59. The van der Waals surface area contributed by atoms with Crippen LogP contribution in [0.2, 0.25) is 0 Å². The summed E-state index contributed by atoms with van der Waals surface area (Å²) in [5.41, 5.74) is 0. The maximum Gasteiger partial charge on any atom is 0.306 e. The van der Waals surface area contributed by atoms with E-state index in [0.717, 1.165) is 70.6 Å². The zero-order valence-corrected chi connectivity index (χ0v) is 53.0. The first kappa shape index (κ1) is 74.9. The highest BCUT2D eigenvalue weighted by Gasteiger charge is 2.48. The van der Waals surface area contributed by atoms with Crippen molar-refractivity contribution in [1.82, 2.24) is 0 Å². The highest BCUT2D eigenvalue weighted by Crippen LogP contribution is 2.28. The minimum atomic E-state index is -1.09. The van der Waals surface area contributed by atoms with Gasteiger partial charge in [0, 0.05) is 25.7 Å². The molecule has 0 saturated carbocycles. The van der Waals surface area contributed by atoms with Gasteiger partial charge < -0.3 is 23.7 Å². The molecule has 1 saturated heterocycles. The van der Waals surface area contributed by atoms with Crippen molar-refractivity contribution in [2.45, 2.75) is 412 Å². The van der Waals surface area contributed by atoms with Gasteiger partial charge in [-0.15, -0.1) is 0 Å². The minimum Gasteiger partial charge on any atom is -0.463 e. The van der Waals surface area contributed by atoms with Crippen molar-refractivity contribution < 1.29 is 42.9 Å². The predicted molar refractivity (Wildman–Crippen MR) is 332 cm³/mol. The molecule has 0 amide bonds. The molecule has 0 aromatic heterocycles. The van der Waals surface area contributed by atoms with Crippen LogP contribution in [0.1, 0.15) is 387 Å². The fourth-order valence-corrected chi connectivity index (χ4v) is 11.4. The van der Waals surface area contributed by atoms with E-state index in [1.165, 1.54) is 250 Å². The molecule has 0 radical (unpaired) electrons. The van der Waals surface area contributed by atoms with Gasteiger partial charge in [0.05, 0.1) is 6.61 Å². The number of carbonyl (C=O) groups is 4. The third-order valence-corrected chi connectivity index (χ3v) is 16.7. The topological polar surface area (TPSA) is 114 Å². The molecule has 1 fully saturated rings. The maximum absolute atomic E-state index is 13.7. The Kier molecular flexibility index (Phi) is 55.9. The lowest BCUT2D eigenvalue weighted by atomic mass is 9.99. The molecule has 1 aliphatic rings. The van der Waals surface area contributed by atoms with Gasteiger partial charge in [0.1, 0.15) is 12.7 Å². The van der Waals surface area contributed by atoms with Crippen LogP contribution < -0.4 is 0 Å². The van der Waals surface area contributed by atoms with E-state index in [4.69, 9.17) is 23.7 Å². The van der Waals surface area contributed by atoms with Gasteiger partial charge in [0.25, 0.3) is 0 Å². The van der Waals surface area contributed by atoms with Crippen molar-refractivity contribution in [2.75, 3.05) is 13.2 Å². The molecule has 1 heterocycles. The Labute approximate surface area is 489 Å². The van der Waals surface area contributed by atoms with Crippen molar-refractivity contribution >= 4 is 23.9 Å². The van der Waals surface area contributed by atoms with Crippen LogP contribution in [0.25, 0.3) is 0 Å². The normalized spacial score (nSPS) is 16.3. The number of esters is 4. The van der Waals surface area contributed by atoms with Gasteiger partial charge in [-0.05, 0) is 25.7 Å².